The third-order valence-corrected chi connectivity index (χ3v) is 5.79. The molecule has 0 aromatic heterocycles. The van der Waals surface area contributed by atoms with Gasteiger partial charge in [-0.3, -0.25) is 19.3 Å². The van der Waals surface area contributed by atoms with Gasteiger partial charge in [-0.05, 0) is 18.6 Å². The minimum absolute atomic E-state index is 0.0297. The van der Waals surface area contributed by atoms with Crippen LogP contribution in [0.2, 0.25) is 0 Å². The van der Waals surface area contributed by atoms with Crippen LogP contribution in [0, 0.1) is 0 Å². The zero-order valence-corrected chi connectivity index (χ0v) is 16.6. The van der Waals surface area contributed by atoms with Crippen LogP contribution in [0.3, 0.4) is 0 Å². The number of nitrogens with two attached hydrogens (primary N) is 1. The molecule has 1 aliphatic rings. The number of anilines is 1. The Morgan fingerprint density at radius 3 is 2.61 bits per heavy atom. The standard InChI is InChI=1S/C16H20N4O6S2/c1-28(25,26)7-6-11-15(23)20(16(24)19-11)8-14(22)18-10-4-2-3-5-12(10)27-9-13(17)21/h2-5,11H,6-9H2,1H3,(H2,17,21)(H,18,22)(H,19,24)/t11-/m1/s1. The normalized spacial score (nSPS) is 16.8. The van der Waals surface area contributed by atoms with Crippen LogP contribution in [0.5, 0.6) is 0 Å². The van der Waals surface area contributed by atoms with Gasteiger partial charge in [-0.1, -0.05) is 12.1 Å². The van der Waals surface area contributed by atoms with Crippen LogP contribution in [0.25, 0.3) is 0 Å². The summed E-state index contributed by atoms with van der Waals surface area (Å²) >= 11 is 1.14. The number of nitrogens with one attached hydrogen (secondary N) is 2. The van der Waals surface area contributed by atoms with Gasteiger partial charge in [-0.2, -0.15) is 0 Å². The second-order valence-electron chi connectivity index (χ2n) is 6.14. The van der Waals surface area contributed by atoms with Crippen LogP contribution in [0.1, 0.15) is 6.42 Å². The first-order chi connectivity index (χ1) is 13.1. The molecule has 28 heavy (non-hydrogen) atoms. The number of imide groups is 1. The SMILES string of the molecule is CS(=O)(=O)CC[C@H]1NC(=O)N(CC(=O)Nc2ccccc2SCC(N)=O)C1=O. The lowest BCUT2D eigenvalue weighted by Crippen LogP contribution is -2.38. The van der Waals surface area contributed by atoms with E-state index in [9.17, 15) is 27.6 Å². The number of hydrogen-bond donors (Lipinski definition) is 3. The molecule has 0 aliphatic carbocycles. The highest BCUT2D eigenvalue weighted by Gasteiger charge is 2.39. The minimum Gasteiger partial charge on any atom is -0.369 e. The van der Waals surface area contributed by atoms with E-state index in [0.29, 0.717) is 10.6 Å². The fourth-order valence-electron chi connectivity index (χ4n) is 2.43. The van der Waals surface area contributed by atoms with Crippen LogP contribution in [0.15, 0.2) is 29.2 Å². The Kier molecular flexibility index (Phi) is 7.02. The number of hydrogen-bond acceptors (Lipinski definition) is 7. The molecule has 0 radical (unpaired) electrons. The van der Waals surface area contributed by atoms with E-state index in [-0.39, 0.29) is 17.9 Å². The van der Waals surface area contributed by atoms with Gasteiger partial charge in [0, 0.05) is 11.2 Å². The van der Waals surface area contributed by atoms with Crippen LogP contribution in [0.4, 0.5) is 10.5 Å². The highest BCUT2D eigenvalue weighted by molar-refractivity contribution is 8.00. The number of thioether (sulfide) groups is 1. The molecule has 1 heterocycles. The lowest BCUT2D eigenvalue weighted by atomic mass is 10.2. The number of benzene rings is 1. The Hall–Kier alpha value is -2.60. The topological polar surface area (TPSA) is 156 Å². The second kappa shape index (κ2) is 9.06. The number of amides is 5. The predicted molar refractivity (Wildman–Crippen MR) is 103 cm³/mol. The molecule has 10 nitrogen and oxygen atoms in total. The summed E-state index contributed by atoms with van der Waals surface area (Å²) in [5.41, 5.74) is 5.54. The van der Waals surface area contributed by atoms with Crippen molar-refractivity contribution < 1.29 is 27.6 Å². The molecule has 152 valence electrons. The molecule has 2 rings (SSSR count). The third-order valence-electron chi connectivity index (χ3n) is 3.72. The Morgan fingerprint density at radius 2 is 1.96 bits per heavy atom. The van der Waals surface area contributed by atoms with E-state index in [1.807, 2.05) is 0 Å². The number of sulfone groups is 1. The van der Waals surface area contributed by atoms with Crippen molar-refractivity contribution in [3.05, 3.63) is 24.3 Å². The number of nitrogens with zero attached hydrogens (tertiary/aromatic N) is 1. The molecular formula is C16H20N4O6S2. The van der Waals surface area contributed by atoms with Crippen molar-refractivity contribution in [1.29, 1.82) is 0 Å². The van der Waals surface area contributed by atoms with E-state index in [4.69, 9.17) is 5.73 Å². The molecular weight excluding hydrogens is 408 g/mol. The molecule has 12 heteroatoms. The Bertz CT molecular complexity index is 902. The number of rotatable bonds is 9. The largest absolute Gasteiger partial charge is 0.369 e. The number of urea groups is 1. The van der Waals surface area contributed by atoms with Gasteiger partial charge >= 0.3 is 6.03 Å². The van der Waals surface area contributed by atoms with Crippen molar-refractivity contribution in [2.24, 2.45) is 5.73 Å². The summed E-state index contributed by atoms with van der Waals surface area (Å²) in [7, 11) is -3.29. The maximum absolute atomic E-state index is 12.3. The van der Waals surface area contributed by atoms with Gasteiger partial charge in [0.25, 0.3) is 5.91 Å². The van der Waals surface area contributed by atoms with Crippen LogP contribution >= 0.6 is 11.8 Å². The number of para-hydroxylation sites is 1. The molecule has 4 N–H and O–H groups in total. The second-order valence-corrected chi connectivity index (χ2v) is 9.42. The van der Waals surface area contributed by atoms with Crippen molar-refractivity contribution in [2.75, 3.05) is 29.6 Å². The van der Waals surface area contributed by atoms with Gasteiger partial charge in [0.05, 0.1) is 17.2 Å². The Labute approximate surface area is 166 Å². The first kappa shape index (κ1) is 21.7. The van der Waals surface area contributed by atoms with Crippen LogP contribution in [-0.4, -0.2) is 67.4 Å². The van der Waals surface area contributed by atoms with E-state index in [1.54, 1.807) is 24.3 Å². The van der Waals surface area contributed by atoms with E-state index in [0.717, 1.165) is 22.9 Å². The molecule has 1 aliphatic heterocycles. The fraction of sp³-hybridized carbons (Fsp3) is 0.375. The lowest BCUT2D eigenvalue weighted by molar-refractivity contribution is -0.130. The smallest absolute Gasteiger partial charge is 0.325 e. The van der Waals surface area contributed by atoms with E-state index in [2.05, 4.69) is 10.6 Å². The van der Waals surface area contributed by atoms with Crippen molar-refractivity contribution in [1.82, 2.24) is 10.2 Å². The number of carbonyl (C=O) groups is 4. The molecule has 1 saturated heterocycles. The van der Waals surface area contributed by atoms with Gasteiger partial charge in [0.2, 0.25) is 11.8 Å². The van der Waals surface area contributed by atoms with Gasteiger partial charge in [0.1, 0.15) is 22.4 Å². The van der Waals surface area contributed by atoms with E-state index < -0.39 is 46.2 Å². The summed E-state index contributed by atoms with van der Waals surface area (Å²) in [5.74, 6) is -2.00. The summed E-state index contributed by atoms with van der Waals surface area (Å²) in [6.07, 6.45) is 0.973. The summed E-state index contributed by atoms with van der Waals surface area (Å²) in [6, 6.07) is 4.98. The highest BCUT2D eigenvalue weighted by atomic mass is 32.2. The average Bonchev–Trinajstić information content (AvgIpc) is 2.86. The summed E-state index contributed by atoms with van der Waals surface area (Å²) in [4.78, 5) is 48.8. The summed E-state index contributed by atoms with van der Waals surface area (Å²) in [5, 5.41) is 4.97. The van der Waals surface area contributed by atoms with Crippen molar-refractivity contribution >= 4 is 51.0 Å². The molecule has 1 aromatic rings. The molecule has 1 fully saturated rings. The maximum atomic E-state index is 12.3. The van der Waals surface area contributed by atoms with Gasteiger partial charge < -0.3 is 16.4 Å². The minimum atomic E-state index is -3.29. The van der Waals surface area contributed by atoms with Crippen LogP contribution in [-0.2, 0) is 24.2 Å². The van der Waals surface area contributed by atoms with Gasteiger partial charge in [-0.15, -0.1) is 11.8 Å². The van der Waals surface area contributed by atoms with Crippen molar-refractivity contribution in [3.8, 4) is 0 Å². The Balaban J connectivity index is 1.99. The third kappa shape index (κ3) is 6.23. The summed E-state index contributed by atoms with van der Waals surface area (Å²) < 4.78 is 22.5. The summed E-state index contributed by atoms with van der Waals surface area (Å²) in [6.45, 7) is -0.519. The van der Waals surface area contributed by atoms with Crippen molar-refractivity contribution in [2.45, 2.75) is 17.4 Å². The van der Waals surface area contributed by atoms with Gasteiger partial charge in [0.15, 0.2) is 0 Å². The van der Waals surface area contributed by atoms with Gasteiger partial charge in [-0.25, -0.2) is 13.2 Å². The maximum Gasteiger partial charge on any atom is 0.325 e. The molecule has 0 spiro atoms. The average molecular weight is 428 g/mol. The van der Waals surface area contributed by atoms with Crippen molar-refractivity contribution in [3.63, 3.8) is 0 Å². The van der Waals surface area contributed by atoms with E-state index >= 15 is 0 Å². The monoisotopic (exact) mass is 428 g/mol. The number of carbonyl (C=O) groups excluding carboxylic acids is 4. The molecule has 1 atom stereocenters. The molecule has 0 unspecified atom stereocenters. The Morgan fingerprint density at radius 1 is 1.29 bits per heavy atom. The van der Waals surface area contributed by atoms with Crippen LogP contribution < -0.4 is 16.4 Å². The first-order valence-corrected chi connectivity index (χ1v) is 11.2. The lowest BCUT2D eigenvalue weighted by Gasteiger charge is -2.14. The van der Waals surface area contributed by atoms with E-state index in [1.165, 1.54) is 0 Å². The molecule has 0 saturated carbocycles. The zero-order valence-electron chi connectivity index (χ0n) is 15.0. The quantitative estimate of drug-likeness (QED) is 0.355. The molecule has 5 amide bonds. The predicted octanol–water partition coefficient (Wildman–Crippen LogP) is -0.442. The highest BCUT2D eigenvalue weighted by Crippen LogP contribution is 2.26. The fourth-order valence-corrected chi connectivity index (χ4v) is 3.84. The molecule has 0 bridgehead atoms. The number of primary amides is 1. The molecule has 1 aromatic carbocycles. The zero-order chi connectivity index (χ0) is 20.9. The first-order valence-electron chi connectivity index (χ1n) is 8.16.